The molecular formula is C20H21ClN4S. The fraction of sp³-hybridized carbons (Fsp3) is 0.300. The zero-order chi connectivity index (χ0) is 17.9. The first-order valence-corrected chi connectivity index (χ1v) is 9.96. The van der Waals surface area contributed by atoms with Gasteiger partial charge in [-0.15, -0.1) is 5.10 Å². The Morgan fingerprint density at radius 1 is 1.04 bits per heavy atom. The number of hydrogen-bond donors (Lipinski definition) is 0. The number of hydrogen-bond acceptors (Lipinski definition) is 5. The van der Waals surface area contributed by atoms with Crippen molar-refractivity contribution in [1.29, 1.82) is 0 Å². The average molecular weight is 385 g/mol. The Balaban J connectivity index is 1.43. The van der Waals surface area contributed by atoms with Crippen LogP contribution in [0.4, 0.5) is 5.69 Å². The average Bonchev–Trinajstić information content (AvgIpc) is 3.11. The first-order valence-electron chi connectivity index (χ1n) is 8.81. The number of anilines is 1. The molecule has 4 rings (SSSR count). The highest BCUT2D eigenvalue weighted by Crippen LogP contribution is 2.32. The van der Waals surface area contributed by atoms with Crippen LogP contribution in [0.5, 0.6) is 0 Å². The summed E-state index contributed by atoms with van der Waals surface area (Å²) in [5.74, 6) is 0. The summed E-state index contributed by atoms with van der Waals surface area (Å²) in [6.07, 6.45) is 0. The van der Waals surface area contributed by atoms with Crippen molar-refractivity contribution in [3.05, 3.63) is 64.8 Å². The predicted molar refractivity (Wildman–Crippen MR) is 109 cm³/mol. The minimum atomic E-state index is 0.754. The number of benzene rings is 2. The van der Waals surface area contributed by atoms with Crippen LogP contribution in [-0.4, -0.2) is 40.7 Å². The number of rotatable bonds is 4. The fourth-order valence-corrected chi connectivity index (χ4v) is 4.36. The third kappa shape index (κ3) is 3.75. The molecule has 2 aromatic carbocycles. The Kier molecular flexibility index (Phi) is 5.20. The number of aromatic nitrogens is 2. The molecule has 134 valence electrons. The van der Waals surface area contributed by atoms with Crippen molar-refractivity contribution in [2.75, 3.05) is 31.1 Å². The lowest BCUT2D eigenvalue weighted by Crippen LogP contribution is -2.46. The van der Waals surface area contributed by atoms with Crippen LogP contribution in [-0.2, 0) is 6.54 Å². The molecule has 0 atom stereocenters. The zero-order valence-electron chi connectivity index (χ0n) is 14.7. The highest BCUT2D eigenvalue weighted by Gasteiger charge is 2.21. The Morgan fingerprint density at radius 2 is 1.85 bits per heavy atom. The van der Waals surface area contributed by atoms with Gasteiger partial charge in [-0.1, -0.05) is 46.4 Å². The van der Waals surface area contributed by atoms with Gasteiger partial charge in [0, 0.05) is 49.0 Å². The van der Waals surface area contributed by atoms with E-state index in [2.05, 4.69) is 50.6 Å². The zero-order valence-corrected chi connectivity index (χ0v) is 16.3. The molecule has 0 unspecified atom stereocenters. The van der Waals surface area contributed by atoms with E-state index < -0.39 is 0 Å². The number of nitrogens with zero attached hydrogens (tertiary/aromatic N) is 4. The summed E-state index contributed by atoms with van der Waals surface area (Å²) < 4.78 is 4.17. The van der Waals surface area contributed by atoms with Crippen LogP contribution in [0.3, 0.4) is 0 Å². The molecule has 0 spiro atoms. The van der Waals surface area contributed by atoms with Crippen LogP contribution in [0.15, 0.2) is 48.5 Å². The molecule has 0 bridgehead atoms. The van der Waals surface area contributed by atoms with Gasteiger partial charge < -0.3 is 4.90 Å². The molecular weight excluding hydrogens is 364 g/mol. The first kappa shape index (κ1) is 17.5. The maximum atomic E-state index is 6.36. The van der Waals surface area contributed by atoms with Crippen molar-refractivity contribution in [3.63, 3.8) is 0 Å². The normalized spacial score (nSPS) is 15.4. The molecule has 2 heterocycles. The van der Waals surface area contributed by atoms with E-state index in [1.54, 1.807) is 0 Å². The third-order valence-corrected chi connectivity index (χ3v) is 5.92. The lowest BCUT2D eigenvalue weighted by molar-refractivity contribution is 0.247. The van der Waals surface area contributed by atoms with E-state index in [9.17, 15) is 0 Å². The van der Waals surface area contributed by atoms with Gasteiger partial charge in [0.25, 0.3) is 0 Å². The highest BCUT2D eigenvalue weighted by molar-refractivity contribution is 7.09. The SMILES string of the molecule is Cc1cccc(N2CCN(Cc3nnsc3-c3ccccc3Cl)CC2)c1. The van der Waals surface area contributed by atoms with E-state index in [1.165, 1.54) is 22.8 Å². The second kappa shape index (κ2) is 7.74. The summed E-state index contributed by atoms with van der Waals surface area (Å²) >= 11 is 7.78. The van der Waals surface area contributed by atoms with E-state index in [1.807, 2.05) is 24.3 Å². The van der Waals surface area contributed by atoms with Crippen LogP contribution in [0.2, 0.25) is 5.02 Å². The van der Waals surface area contributed by atoms with Crippen molar-refractivity contribution >= 4 is 28.8 Å². The van der Waals surface area contributed by atoms with Crippen LogP contribution < -0.4 is 4.90 Å². The van der Waals surface area contributed by atoms with E-state index in [4.69, 9.17) is 11.6 Å². The summed E-state index contributed by atoms with van der Waals surface area (Å²) in [4.78, 5) is 5.98. The molecule has 26 heavy (non-hydrogen) atoms. The van der Waals surface area contributed by atoms with E-state index in [-0.39, 0.29) is 0 Å². The van der Waals surface area contributed by atoms with Gasteiger partial charge in [-0.2, -0.15) is 0 Å². The minimum Gasteiger partial charge on any atom is -0.369 e. The maximum Gasteiger partial charge on any atom is 0.0975 e. The summed E-state index contributed by atoms with van der Waals surface area (Å²) in [6.45, 7) is 7.07. The van der Waals surface area contributed by atoms with Gasteiger partial charge in [0.2, 0.25) is 0 Å². The first-order chi connectivity index (χ1) is 12.7. The molecule has 0 N–H and O–H groups in total. The summed E-state index contributed by atoms with van der Waals surface area (Å²) in [6, 6.07) is 16.6. The minimum absolute atomic E-state index is 0.754. The Bertz CT molecular complexity index is 887. The summed E-state index contributed by atoms with van der Waals surface area (Å²) in [5, 5.41) is 5.12. The maximum absolute atomic E-state index is 6.36. The molecule has 1 saturated heterocycles. The van der Waals surface area contributed by atoms with Gasteiger partial charge in [-0.05, 0) is 42.2 Å². The van der Waals surface area contributed by atoms with E-state index >= 15 is 0 Å². The molecule has 0 aliphatic carbocycles. The van der Waals surface area contributed by atoms with Crippen molar-refractivity contribution < 1.29 is 0 Å². The number of halogens is 1. The molecule has 1 aromatic heterocycles. The van der Waals surface area contributed by atoms with Crippen LogP contribution in [0, 0.1) is 6.92 Å². The Morgan fingerprint density at radius 3 is 2.62 bits per heavy atom. The molecule has 4 nitrogen and oxygen atoms in total. The second-order valence-electron chi connectivity index (χ2n) is 6.63. The second-order valence-corrected chi connectivity index (χ2v) is 7.79. The summed E-state index contributed by atoms with van der Waals surface area (Å²) in [7, 11) is 0. The number of aryl methyl sites for hydroxylation is 1. The van der Waals surface area contributed by atoms with Gasteiger partial charge in [0.15, 0.2) is 0 Å². The smallest absolute Gasteiger partial charge is 0.0975 e. The molecule has 0 saturated carbocycles. The molecule has 3 aromatic rings. The van der Waals surface area contributed by atoms with Crippen molar-refractivity contribution in [2.45, 2.75) is 13.5 Å². The fourth-order valence-electron chi connectivity index (χ4n) is 3.36. The third-order valence-electron chi connectivity index (χ3n) is 4.79. The van der Waals surface area contributed by atoms with Gasteiger partial charge in [-0.3, -0.25) is 4.90 Å². The van der Waals surface area contributed by atoms with E-state index in [0.717, 1.165) is 53.9 Å². The van der Waals surface area contributed by atoms with Crippen molar-refractivity contribution in [2.24, 2.45) is 0 Å². The van der Waals surface area contributed by atoms with Gasteiger partial charge in [-0.25, -0.2) is 0 Å². The molecule has 6 heteroatoms. The number of piperazine rings is 1. The molecule has 0 radical (unpaired) electrons. The Hall–Kier alpha value is -1.95. The predicted octanol–water partition coefficient (Wildman–Crippen LogP) is 4.49. The van der Waals surface area contributed by atoms with E-state index in [0.29, 0.717) is 0 Å². The largest absolute Gasteiger partial charge is 0.369 e. The van der Waals surface area contributed by atoms with Crippen LogP contribution in [0.25, 0.3) is 10.4 Å². The quantitative estimate of drug-likeness (QED) is 0.663. The summed E-state index contributed by atoms with van der Waals surface area (Å²) in [5.41, 5.74) is 4.67. The van der Waals surface area contributed by atoms with Crippen molar-refractivity contribution in [3.8, 4) is 10.4 Å². The van der Waals surface area contributed by atoms with Gasteiger partial charge in [0.05, 0.1) is 10.6 Å². The Labute approximate surface area is 163 Å². The lowest BCUT2D eigenvalue weighted by Gasteiger charge is -2.36. The molecule has 1 aliphatic rings. The van der Waals surface area contributed by atoms with Gasteiger partial charge in [0.1, 0.15) is 0 Å². The standard InChI is InChI=1S/C20H21ClN4S/c1-15-5-4-6-16(13-15)25-11-9-24(10-12-25)14-19-20(26-23-22-19)17-7-2-3-8-18(17)21/h2-8,13H,9-12,14H2,1H3. The van der Waals surface area contributed by atoms with Gasteiger partial charge >= 0.3 is 0 Å². The van der Waals surface area contributed by atoms with Crippen LogP contribution in [0.1, 0.15) is 11.3 Å². The van der Waals surface area contributed by atoms with Crippen molar-refractivity contribution in [1.82, 2.24) is 14.5 Å². The lowest BCUT2D eigenvalue weighted by atomic mass is 10.1. The topological polar surface area (TPSA) is 32.3 Å². The molecule has 0 amide bonds. The highest BCUT2D eigenvalue weighted by atomic mass is 35.5. The molecule has 1 fully saturated rings. The molecule has 1 aliphatic heterocycles. The van der Waals surface area contributed by atoms with Crippen LogP contribution >= 0.6 is 23.1 Å². The monoisotopic (exact) mass is 384 g/mol.